The molecule has 1 aromatic heterocycles. The van der Waals surface area contributed by atoms with E-state index in [0.29, 0.717) is 6.54 Å². The van der Waals surface area contributed by atoms with Gasteiger partial charge in [0.2, 0.25) is 0 Å². The molecule has 5 nitrogen and oxygen atoms in total. The van der Waals surface area contributed by atoms with Gasteiger partial charge < -0.3 is 24.6 Å². The Morgan fingerprint density at radius 1 is 0.897 bits per heavy atom. The second-order valence-electron chi connectivity index (χ2n) is 6.62. The molecule has 0 radical (unpaired) electrons. The Bertz CT molecular complexity index is 787. The van der Waals surface area contributed by atoms with Crippen LogP contribution in [0.2, 0.25) is 0 Å². The third kappa shape index (κ3) is 6.30. The third-order valence-electron chi connectivity index (χ3n) is 4.55. The molecule has 2 N–H and O–H groups in total. The van der Waals surface area contributed by atoms with E-state index in [9.17, 15) is 5.11 Å². The first-order chi connectivity index (χ1) is 14.2. The Labute approximate surface area is 175 Å². The highest BCUT2D eigenvalue weighted by atomic mass is 32.1. The van der Waals surface area contributed by atoms with Crippen LogP contribution in [0.1, 0.15) is 22.1 Å². The van der Waals surface area contributed by atoms with E-state index in [1.807, 2.05) is 60.0 Å². The molecule has 0 amide bonds. The fourth-order valence-corrected chi connectivity index (χ4v) is 3.66. The highest BCUT2D eigenvalue weighted by Crippen LogP contribution is 2.29. The molecule has 3 rings (SSSR count). The molecule has 29 heavy (non-hydrogen) atoms. The Balaban J connectivity index is 1.63. The maximum atomic E-state index is 10.4. The lowest BCUT2D eigenvalue weighted by Crippen LogP contribution is -2.30. The molecule has 0 fully saturated rings. The van der Waals surface area contributed by atoms with Crippen molar-refractivity contribution in [3.63, 3.8) is 0 Å². The standard InChI is InChI=1S/C23H27NO4S/c1-26-20-9-5-17(6-10-20)23(18-7-11-21(27-2)12-8-18)28-16-19(25)14-24-15-22-4-3-13-29-22/h3-13,19,23-25H,14-16H2,1-2H3/t19-/m0/s1. The minimum Gasteiger partial charge on any atom is -0.497 e. The summed E-state index contributed by atoms with van der Waals surface area (Å²) < 4.78 is 16.6. The van der Waals surface area contributed by atoms with Crippen molar-refractivity contribution in [1.29, 1.82) is 0 Å². The van der Waals surface area contributed by atoms with Crippen LogP contribution >= 0.6 is 11.3 Å². The summed E-state index contributed by atoms with van der Waals surface area (Å²) in [5, 5.41) is 15.7. The summed E-state index contributed by atoms with van der Waals surface area (Å²) in [4.78, 5) is 1.24. The van der Waals surface area contributed by atoms with E-state index in [4.69, 9.17) is 14.2 Å². The Kier molecular flexibility index (Phi) is 8.07. The second-order valence-corrected chi connectivity index (χ2v) is 7.66. The van der Waals surface area contributed by atoms with Crippen LogP contribution in [0.4, 0.5) is 0 Å². The number of methoxy groups -OCH3 is 2. The predicted molar refractivity (Wildman–Crippen MR) is 116 cm³/mol. The molecule has 1 heterocycles. The largest absolute Gasteiger partial charge is 0.497 e. The molecular weight excluding hydrogens is 386 g/mol. The zero-order valence-corrected chi connectivity index (χ0v) is 17.5. The lowest BCUT2D eigenvalue weighted by Gasteiger charge is -2.22. The summed E-state index contributed by atoms with van der Waals surface area (Å²) in [6, 6.07) is 19.7. The zero-order chi connectivity index (χ0) is 20.5. The summed E-state index contributed by atoms with van der Waals surface area (Å²) in [6.07, 6.45) is -0.896. The summed E-state index contributed by atoms with van der Waals surface area (Å²) in [7, 11) is 3.29. The van der Waals surface area contributed by atoms with Crippen molar-refractivity contribution in [2.75, 3.05) is 27.4 Å². The molecule has 2 aromatic carbocycles. The third-order valence-corrected chi connectivity index (χ3v) is 5.43. The number of aliphatic hydroxyl groups excluding tert-OH is 1. The number of rotatable bonds is 11. The Morgan fingerprint density at radius 2 is 1.48 bits per heavy atom. The predicted octanol–water partition coefficient (Wildman–Crippen LogP) is 4.02. The van der Waals surface area contributed by atoms with Crippen LogP contribution in [-0.4, -0.2) is 38.6 Å². The lowest BCUT2D eigenvalue weighted by molar-refractivity contribution is 0.00648. The number of aliphatic hydroxyl groups is 1. The average molecular weight is 414 g/mol. The molecule has 0 aliphatic heterocycles. The zero-order valence-electron chi connectivity index (χ0n) is 16.7. The topological polar surface area (TPSA) is 60.0 Å². The van der Waals surface area contributed by atoms with Crippen LogP contribution in [0.5, 0.6) is 11.5 Å². The number of hydrogen-bond acceptors (Lipinski definition) is 6. The van der Waals surface area contributed by atoms with Crippen LogP contribution in [0.3, 0.4) is 0 Å². The van der Waals surface area contributed by atoms with Crippen LogP contribution in [0.15, 0.2) is 66.0 Å². The van der Waals surface area contributed by atoms with Gasteiger partial charge in [-0.2, -0.15) is 0 Å². The normalized spacial score (nSPS) is 12.1. The average Bonchev–Trinajstić information content (AvgIpc) is 3.28. The number of thiophene rings is 1. The molecule has 3 aromatic rings. The van der Waals surface area contributed by atoms with Gasteiger partial charge in [0.25, 0.3) is 0 Å². The van der Waals surface area contributed by atoms with E-state index < -0.39 is 6.10 Å². The van der Waals surface area contributed by atoms with Gasteiger partial charge in [-0.3, -0.25) is 0 Å². The van der Waals surface area contributed by atoms with Crippen molar-refractivity contribution in [3.8, 4) is 11.5 Å². The summed E-state index contributed by atoms with van der Waals surface area (Å²) in [5.41, 5.74) is 1.99. The maximum absolute atomic E-state index is 10.4. The number of nitrogens with one attached hydrogen (secondary N) is 1. The van der Waals surface area contributed by atoms with E-state index in [2.05, 4.69) is 11.4 Å². The molecular formula is C23H27NO4S. The highest BCUT2D eigenvalue weighted by molar-refractivity contribution is 7.09. The van der Waals surface area contributed by atoms with Gasteiger partial charge in [-0.05, 0) is 46.8 Å². The molecule has 0 bridgehead atoms. The number of hydrogen-bond donors (Lipinski definition) is 2. The van der Waals surface area contributed by atoms with Gasteiger partial charge in [-0.15, -0.1) is 11.3 Å². The van der Waals surface area contributed by atoms with E-state index >= 15 is 0 Å². The molecule has 0 aliphatic rings. The molecule has 0 saturated carbocycles. The van der Waals surface area contributed by atoms with Gasteiger partial charge in [0.05, 0.1) is 26.9 Å². The second kappa shape index (κ2) is 11.0. The molecule has 0 saturated heterocycles. The molecule has 0 aliphatic carbocycles. The summed E-state index contributed by atoms with van der Waals surface area (Å²) in [5.74, 6) is 1.58. The number of benzene rings is 2. The maximum Gasteiger partial charge on any atom is 0.118 e. The summed E-state index contributed by atoms with van der Waals surface area (Å²) in [6.45, 7) is 1.44. The quantitative estimate of drug-likeness (QED) is 0.497. The van der Waals surface area contributed by atoms with Gasteiger partial charge in [-0.1, -0.05) is 30.3 Å². The first kappa shape index (κ1) is 21.3. The fraction of sp³-hybridized carbons (Fsp3) is 0.304. The highest BCUT2D eigenvalue weighted by Gasteiger charge is 2.17. The van der Waals surface area contributed by atoms with Crippen LogP contribution in [0, 0.1) is 0 Å². The van der Waals surface area contributed by atoms with Crippen molar-refractivity contribution in [3.05, 3.63) is 82.0 Å². The van der Waals surface area contributed by atoms with Crippen LogP contribution in [0.25, 0.3) is 0 Å². The van der Waals surface area contributed by atoms with Crippen LogP contribution in [-0.2, 0) is 11.3 Å². The molecule has 0 unspecified atom stereocenters. The molecule has 154 valence electrons. The Morgan fingerprint density at radius 3 is 1.97 bits per heavy atom. The number of ether oxygens (including phenoxy) is 3. The molecule has 0 spiro atoms. The van der Waals surface area contributed by atoms with Gasteiger partial charge >= 0.3 is 0 Å². The van der Waals surface area contributed by atoms with Crippen molar-refractivity contribution in [2.45, 2.75) is 18.8 Å². The monoisotopic (exact) mass is 413 g/mol. The van der Waals surface area contributed by atoms with Crippen molar-refractivity contribution in [2.24, 2.45) is 0 Å². The van der Waals surface area contributed by atoms with Gasteiger partial charge in [0.15, 0.2) is 0 Å². The van der Waals surface area contributed by atoms with Crippen molar-refractivity contribution >= 4 is 11.3 Å². The first-order valence-corrected chi connectivity index (χ1v) is 10.4. The van der Waals surface area contributed by atoms with Crippen molar-refractivity contribution in [1.82, 2.24) is 5.32 Å². The van der Waals surface area contributed by atoms with Gasteiger partial charge in [0, 0.05) is 18.0 Å². The molecule has 1 atom stereocenters. The van der Waals surface area contributed by atoms with Gasteiger partial charge in [0.1, 0.15) is 17.6 Å². The van der Waals surface area contributed by atoms with Crippen molar-refractivity contribution < 1.29 is 19.3 Å². The minimum absolute atomic E-state index is 0.222. The van der Waals surface area contributed by atoms with Crippen LogP contribution < -0.4 is 14.8 Å². The van der Waals surface area contributed by atoms with E-state index in [1.165, 1.54) is 4.88 Å². The van der Waals surface area contributed by atoms with E-state index in [1.54, 1.807) is 25.6 Å². The van der Waals surface area contributed by atoms with E-state index in [-0.39, 0.29) is 12.7 Å². The van der Waals surface area contributed by atoms with E-state index in [0.717, 1.165) is 29.2 Å². The first-order valence-electron chi connectivity index (χ1n) is 9.50. The van der Waals surface area contributed by atoms with Gasteiger partial charge in [-0.25, -0.2) is 0 Å². The fourth-order valence-electron chi connectivity index (χ4n) is 2.98. The minimum atomic E-state index is -0.603. The SMILES string of the molecule is COc1ccc(C(OC[C@@H](O)CNCc2cccs2)c2ccc(OC)cc2)cc1. The smallest absolute Gasteiger partial charge is 0.118 e. The summed E-state index contributed by atoms with van der Waals surface area (Å²) >= 11 is 1.70. The molecule has 6 heteroatoms. The lowest BCUT2D eigenvalue weighted by atomic mass is 10.0. The Hall–Kier alpha value is -2.38.